The van der Waals surface area contributed by atoms with E-state index < -0.39 is 5.82 Å². The Hall–Kier alpha value is -1.14. The Morgan fingerprint density at radius 2 is 2.21 bits per heavy atom. The van der Waals surface area contributed by atoms with Gasteiger partial charge in [0.2, 0.25) is 0 Å². The Balaban J connectivity index is 2.35. The second-order valence-electron chi connectivity index (χ2n) is 3.76. The van der Waals surface area contributed by atoms with Crippen molar-refractivity contribution in [1.29, 1.82) is 0 Å². The second-order valence-corrected chi connectivity index (χ2v) is 4.55. The second kappa shape index (κ2) is 8.87. The number of hydrogen-bond acceptors (Lipinski definition) is 3. The fourth-order valence-corrected chi connectivity index (χ4v) is 1.67. The molecule has 106 valence electrons. The first kappa shape index (κ1) is 15.9. The summed E-state index contributed by atoms with van der Waals surface area (Å²) in [6.45, 7) is 1.73. The number of carbonyl (C=O) groups is 1. The van der Waals surface area contributed by atoms with Crippen LogP contribution < -0.4 is 10.1 Å². The number of amides is 1. The van der Waals surface area contributed by atoms with Crippen LogP contribution in [0, 0.1) is 5.82 Å². The third-order valence-corrected chi connectivity index (χ3v) is 2.71. The fraction of sp³-hybridized carbons (Fsp3) is 0.462. The standard InChI is InChI=1S/C13H17BrFNO3/c1-18-12-4-3-10(9-11(12)15)13(17)16-6-2-7-19-8-5-14/h3-4,9H,2,5-8H2,1H3,(H,16,17). The minimum absolute atomic E-state index is 0.125. The molecule has 19 heavy (non-hydrogen) atoms. The summed E-state index contributed by atoms with van der Waals surface area (Å²) in [7, 11) is 1.38. The number of carbonyl (C=O) groups excluding carboxylic acids is 1. The molecule has 0 saturated heterocycles. The van der Waals surface area contributed by atoms with E-state index in [1.54, 1.807) is 0 Å². The van der Waals surface area contributed by atoms with Crippen LogP contribution in [0.5, 0.6) is 5.75 Å². The lowest BCUT2D eigenvalue weighted by atomic mass is 10.2. The number of benzene rings is 1. The molecule has 0 unspecified atom stereocenters. The van der Waals surface area contributed by atoms with E-state index in [0.717, 1.165) is 17.8 Å². The maximum absolute atomic E-state index is 13.4. The van der Waals surface area contributed by atoms with Crippen LogP contribution in [0.25, 0.3) is 0 Å². The largest absolute Gasteiger partial charge is 0.494 e. The van der Waals surface area contributed by atoms with Gasteiger partial charge in [-0.3, -0.25) is 4.79 Å². The van der Waals surface area contributed by atoms with Crippen molar-refractivity contribution in [3.63, 3.8) is 0 Å². The fourth-order valence-electron chi connectivity index (χ4n) is 1.44. The molecule has 1 aromatic carbocycles. The van der Waals surface area contributed by atoms with E-state index in [1.807, 2.05) is 0 Å². The molecule has 0 aliphatic heterocycles. The van der Waals surface area contributed by atoms with Crippen LogP contribution in [0.4, 0.5) is 4.39 Å². The quantitative estimate of drug-likeness (QED) is 0.587. The number of ether oxygens (including phenoxy) is 2. The van der Waals surface area contributed by atoms with Crippen LogP contribution >= 0.6 is 15.9 Å². The Bertz CT molecular complexity index is 415. The van der Waals surface area contributed by atoms with Crippen LogP contribution in [0.2, 0.25) is 0 Å². The molecule has 0 radical (unpaired) electrons. The Morgan fingerprint density at radius 1 is 1.42 bits per heavy atom. The molecule has 4 nitrogen and oxygen atoms in total. The Kier molecular flexibility index (Phi) is 7.43. The molecule has 0 bridgehead atoms. The lowest BCUT2D eigenvalue weighted by Gasteiger charge is -2.07. The minimum Gasteiger partial charge on any atom is -0.494 e. The normalized spacial score (nSPS) is 10.3. The predicted molar refractivity (Wildman–Crippen MR) is 74.5 cm³/mol. The van der Waals surface area contributed by atoms with Crippen LogP contribution in [-0.2, 0) is 4.74 Å². The van der Waals surface area contributed by atoms with Gasteiger partial charge in [0.25, 0.3) is 5.91 Å². The summed E-state index contributed by atoms with van der Waals surface area (Å²) >= 11 is 3.25. The lowest BCUT2D eigenvalue weighted by Crippen LogP contribution is -2.25. The number of rotatable bonds is 8. The van der Waals surface area contributed by atoms with Gasteiger partial charge in [0, 0.05) is 24.0 Å². The zero-order chi connectivity index (χ0) is 14.1. The molecule has 0 spiro atoms. The number of halogens is 2. The SMILES string of the molecule is COc1ccc(C(=O)NCCCOCCBr)cc1F. The van der Waals surface area contributed by atoms with E-state index in [1.165, 1.54) is 19.2 Å². The third-order valence-electron chi connectivity index (χ3n) is 2.39. The van der Waals surface area contributed by atoms with Gasteiger partial charge < -0.3 is 14.8 Å². The zero-order valence-corrected chi connectivity index (χ0v) is 12.3. The molecule has 1 N–H and O–H groups in total. The van der Waals surface area contributed by atoms with E-state index in [0.29, 0.717) is 19.8 Å². The molecule has 0 saturated carbocycles. The first-order valence-corrected chi connectivity index (χ1v) is 7.06. The topological polar surface area (TPSA) is 47.6 Å². The summed E-state index contributed by atoms with van der Waals surface area (Å²) in [5, 5.41) is 3.50. The van der Waals surface area contributed by atoms with Gasteiger partial charge in [0.1, 0.15) is 0 Å². The van der Waals surface area contributed by atoms with Crippen molar-refractivity contribution in [2.45, 2.75) is 6.42 Å². The summed E-state index contributed by atoms with van der Waals surface area (Å²) in [6, 6.07) is 4.12. The van der Waals surface area contributed by atoms with Crippen molar-refractivity contribution >= 4 is 21.8 Å². The summed E-state index contributed by atoms with van der Waals surface area (Å²) in [4.78, 5) is 11.7. The molecule has 0 aromatic heterocycles. The van der Waals surface area contributed by atoms with Crippen LogP contribution in [0.1, 0.15) is 16.8 Å². The summed E-state index contributed by atoms with van der Waals surface area (Å²) in [5.74, 6) is -0.724. The molecule has 1 aromatic rings. The summed E-state index contributed by atoms with van der Waals surface area (Å²) in [6.07, 6.45) is 0.720. The van der Waals surface area contributed by atoms with Gasteiger partial charge in [-0.1, -0.05) is 15.9 Å². The number of hydrogen-bond donors (Lipinski definition) is 1. The molecule has 0 aliphatic rings. The molecule has 1 rings (SSSR count). The predicted octanol–water partition coefficient (Wildman–Crippen LogP) is 2.37. The zero-order valence-electron chi connectivity index (χ0n) is 10.7. The van der Waals surface area contributed by atoms with E-state index in [2.05, 4.69) is 21.2 Å². The molecule has 6 heteroatoms. The van der Waals surface area contributed by atoms with E-state index in [9.17, 15) is 9.18 Å². The molecule has 0 aliphatic carbocycles. The molecule has 0 fully saturated rings. The smallest absolute Gasteiger partial charge is 0.251 e. The van der Waals surface area contributed by atoms with E-state index >= 15 is 0 Å². The Morgan fingerprint density at radius 3 is 2.84 bits per heavy atom. The highest BCUT2D eigenvalue weighted by molar-refractivity contribution is 9.09. The third kappa shape index (κ3) is 5.57. The number of alkyl halides is 1. The van der Waals surface area contributed by atoms with Gasteiger partial charge in [-0.05, 0) is 24.6 Å². The van der Waals surface area contributed by atoms with Gasteiger partial charge in [0.05, 0.1) is 13.7 Å². The number of nitrogens with one attached hydrogen (secondary N) is 1. The highest BCUT2D eigenvalue weighted by Gasteiger charge is 2.09. The first-order chi connectivity index (χ1) is 9.19. The van der Waals surface area contributed by atoms with Crippen LogP contribution in [-0.4, -0.2) is 38.1 Å². The monoisotopic (exact) mass is 333 g/mol. The van der Waals surface area contributed by atoms with Crippen LogP contribution in [0.3, 0.4) is 0 Å². The van der Waals surface area contributed by atoms with E-state index in [4.69, 9.17) is 9.47 Å². The van der Waals surface area contributed by atoms with Gasteiger partial charge in [-0.2, -0.15) is 0 Å². The molecule has 0 heterocycles. The van der Waals surface area contributed by atoms with Gasteiger partial charge in [-0.25, -0.2) is 4.39 Å². The highest BCUT2D eigenvalue weighted by Crippen LogP contribution is 2.17. The van der Waals surface area contributed by atoms with Gasteiger partial charge >= 0.3 is 0 Å². The maximum atomic E-state index is 13.4. The van der Waals surface area contributed by atoms with Crippen molar-refractivity contribution in [3.05, 3.63) is 29.6 Å². The summed E-state index contributed by atoms with van der Waals surface area (Å²) < 4.78 is 23.4. The highest BCUT2D eigenvalue weighted by atomic mass is 79.9. The lowest BCUT2D eigenvalue weighted by molar-refractivity contribution is 0.0944. The van der Waals surface area contributed by atoms with Crippen LogP contribution in [0.15, 0.2) is 18.2 Å². The van der Waals surface area contributed by atoms with Crippen molar-refractivity contribution in [2.75, 3.05) is 32.2 Å². The van der Waals surface area contributed by atoms with Crippen molar-refractivity contribution in [3.8, 4) is 5.75 Å². The average Bonchev–Trinajstić information content (AvgIpc) is 2.42. The molecular weight excluding hydrogens is 317 g/mol. The van der Waals surface area contributed by atoms with Crippen molar-refractivity contribution < 1.29 is 18.7 Å². The summed E-state index contributed by atoms with van der Waals surface area (Å²) in [5.41, 5.74) is 0.277. The van der Waals surface area contributed by atoms with Gasteiger partial charge in [-0.15, -0.1) is 0 Å². The van der Waals surface area contributed by atoms with Crippen molar-refractivity contribution in [2.24, 2.45) is 0 Å². The average molecular weight is 334 g/mol. The Labute approximate surface area is 120 Å². The van der Waals surface area contributed by atoms with E-state index in [-0.39, 0.29) is 17.2 Å². The number of methoxy groups -OCH3 is 1. The molecular formula is C13H17BrFNO3. The van der Waals surface area contributed by atoms with Gasteiger partial charge in [0.15, 0.2) is 11.6 Å². The maximum Gasteiger partial charge on any atom is 0.251 e. The molecule has 1 amide bonds. The van der Waals surface area contributed by atoms with Crippen molar-refractivity contribution in [1.82, 2.24) is 5.32 Å². The first-order valence-electron chi connectivity index (χ1n) is 5.94. The minimum atomic E-state index is -0.546. The molecule has 0 atom stereocenters.